The minimum atomic E-state index is -4.39. The Bertz CT molecular complexity index is 1160. The summed E-state index contributed by atoms with van der Waals surface area (Å²) >= 11 is 1.25. The van der Waals surface area contributed by atoms with Crippen LogP contribution in [0.2, 0.25) is 0 Å². The Morgan fingerprint density at radius 3 is 2.47 bits per heavy atom. The van der Waals surface area contributed by atoms with Gasteiger partial charge in [-0.3, -0.25) is 4.79 Å². The number of alkyl halides is 3. The van der Waals surface area contributed by atoms with E-state index in [1.807, 2.05) is 35.2 Å². The molecule has 0 bridgehead atoms. The van der Waals surface area contributed by atoms with E-state index in [1.54, 1.807) is 5.38 Å². The number of carbonyl (C=O) groups is 1. The van der Waals surface area contributed by atoms with Crippen LogP contribution >= 0.6 is 11.3 Å². The second kappa shape index (κ2) is 8.82. The number of benzene rings is 2. The standard InChI is InChI=1S/C26H25F3N2O2S/c27-26(28,29)19-12-10-17(11-13-19)23-30-21(16-34-23)24(32)31-15-14-25(33,18-6-2-1-3-7-18)20-8-4-5-9-22(20)31/h1-3,6-7,10-13,16,20,22,33H,4-5,8-9,14-15H2/t20-,22+,25-/m0/s1. The number of aliphatic hydroxyl groups is 1. The average Bonchev–Trinajstić information content (AvgIpc) is 3.35. The van der Waals surface area contributed by atoms with Gasteiger partial charge in [-0.25, -0.2) is 4.98 Å². The summed E-state index contributed by atoms with van der Waals surface area (Å²) in [6, 6.07) is 14.5. The molecule has 0 unspecified atom stereocenters. The van der Waals surface area contributed by atoms with E-state index >= 15 is 0 Å². The van der Waals surface area contributed by atoms with Crippen molar-refractivity contribution in [2.75, 3.05) is 6.54 Å². The summed E-state index contributed by atoms with van der Waals surface area (Å²) in [5, 5.41) is 13.9. The molecule has 1 amide bonds. The maximum absolute atomic E-state index is 13.5. The van der Waals surface area contributed by atoms with Crippen molar-refractivity contribution in [3.05, 3.63) is 76.8 Å². The Balaban J connectivity index is 1.38. The maximum Gasteiger partial charge on any atom is 0.416 e. The van der Waals surface area contributed by atoms with Crippen molar-refractivity contribution >= 4 is 17.2 Å². The molecule has 2 aliphatic rings. The molecule has 1 aliphatic heterocycles. The molecule has 2 aromatic carbocycles. The van der Waals surface area contributed by atoms with E-state index in [9.17, 15) is 23.1 Å². The van der Waals surface area contributed by atoms with Crippen LogP contribution in [-0.2, 0) is 11.8 Å². The van der Waals surface area contributed by atoms with E-state index < -0.39 is 17.3 Å². The highest BCUT2D eigenvalue weighted by atomic mass is 32.1. The maximum atomic E-state index is 13.5. The molecule has 1 aliphatic carbocycles. The number of aromatic nitrogens is 1. The van der Waals surface area contributed by atoms with Gasteiger partial charge in [0.15, 0.2) is 0 Å². The van der Waals surface area contributed by atoms with Gasteiger partial charge in [-0.05, 0) is 37.0 Å². The van der Waals surface area contributed by atoms with Gasteiger partial charge in [0.1, 0.15) is 10.7 Å². The van der Waals surface area contributed by atoms with Gasteiger partial charge in [-0.15, -0.1) is 11.3 Å². The lowest BCUT2D eigenvalue weighted by Gasteiger charge is -2.52. The highest BCUT2D eigenvalue weighted by Gasteiger charge is 2.50. The SMILES string of the molecule is O=C(c1csc(-c2ccc(C(F)(F)F)cc2)n1)N1CC[C@](O)(c2ccccc2)[C@H]2CCCC[C@H]21. The minimum absolute atomic E-state index is 0.0469. The van der Waals surface area contributed by atoms with E-state index in [2.05, 4.69) is 4.98 Å². The first-order valence-electron chi connectivity index (χ1n) is 11.5. The largest absolute Gasteiger partial charge is 0.416 e. The Labute approximate surface area is 200 Å². The van der Waals surface area contributed by atoms with E-state index in [0.29, 0.717) is 29.2 Å². The Hall–Kier alpha value is -2.71. The van der Waals surface area contributed by atoms with Crippen LogP contribution in [-0.4, -0.2) is 33.5 Å². The molecule has 1 saturated carbocycles. The Morgan fingerprint density at radius 2 is 1.76 bits per heavy atom. The third-order valence-corrected chi connectivity index (χ3v) is 8.09. The minimum Gasteiger partial charge on any atom is -0.385 e. The zero-order chi connectivity index (χ0) is 23.9. The quantitative estimate of drug-likeness (QED) is 0.485. The first-order chi connectivity index (χ1) is 16.3. The monoisotopic (exact) mass is 486 g/mol. The summed E-state index contributed by atoms with van der Waals surface area (Å²) in [4.78, 5) is 19.8. The smallest absolute Gasteiger partial charge is 0.385 e. The number of rotatable bonds is 3. The van der Waals surface area contributed by atoms with Gasteiger partial charge in [0.2, 0.25) is 0 Å². The van der Waals surface area contributed by atoms with Crippen LogP contribution < -0.4 is 0 Å². The topological polar surface area (TPSA) is 53.4 Å². The number of hydrogen-bond acceptors (Lipinski definition) is 4. The number of likely N-dealkylation sites (tertiary alicyclic amines) is 1. The number of carbonyl (C=O) groups excluding carboxylic acids is 1. The molecule has 1 saturated heterocycles. The Morgan fingerprint density at radius 1 is 1.06 bits per heavy atom. The molecule has 8 heteroatoms. The molecule has 0 radical (unpaired) electrons. The van der Waals surface area contributed by atoms with Crippen molar-refractivity contribution < 1.29 is 23.1 Å². The molecule has 2 fully saturated rings. The van der Waals surface area contributed by atoms with Crippen LogP contribution in [0.3, 0.4) is 0 Å². The van der Waals surface area contributed by atoms with Crippen molar-refractivity contribution in [1.29, 1.82) is 0 Å². The van der Waals surface area contributed by atoms with Crippen molar-refractivity contribution in [2.24, 2.45) is 5.92 Å². The van der Waals surface area contributed by atoms with Crippen LogP contribution in [0.1, 0.15) is 53.7 Å². The lowest BCUT2D eigenvalue weighted by atomic mass is 9.66. The zero-order valence-corrected chi connectivity index (χ0v) is 19.3. The van der Waals surface area contributed by atoms with Crippen LogP contribution in [0.15, 0.2) is 60.0 Å². The number of fused-ring (bicyclic) bond motifs is 1. The van der Waals surface area contributed by atoms with Gasteiger partial charge in [0.25, 0.3) is 5.91 Å². The molecule has 3 atom stereocenters. The number of amides is 1. The fourth-order valence-corrected chi connectivity index (χ4v) is 6.27. The lowest BCUT2D eigenvalue weighted by Crippen LogP contribution is -2.59. The van der Waals surface area contributed by atoms with Gasteiger partial charge in [0, 0.05) is 29.4 Å². The number of thiazole rings is 1. The summed E-state index contributed by atoms with van der Waals surface area (Å²) in [7, 11) is 0. The molecule has 4 nitrogen and oxygen atoms in total. The third-order valence-electron chi connectivity index (χ3n) is 7.19. The normalized spacial score (nSPS) is 25.1. The predicted octanol–water partition coefficient (Wildman–Crippen LogP) is 6.12. The fraction of sp³-hybridized carbons (Fsp3) is 0.385. The number of piperidine rings is 1. The zero-order valence-electron chi connectivity index (χ0n) is 18.5. The van der Waals surface area contributed by atoms with Crippen LogP contribution in [0.5, 0.6) is 0 Å². The predicted molar refractivity (Wildman–Crippen MR) is 124 cm³/mol. The van der Waals surface area contributed by atoms with Crippen molar-refractivity contribution in [3.63, 3.8) is 0 Å². The molecule has 5 rings (SSSR count). The van der Waals surface area contributed by atoms with Crippen LogP contribution in [0, 0.1) is 5.92 Å². The summed E-state index contributed by atoms with van der Waals surface area (Å²) in [5.74, 6) is -0.226. The van der Waals surface area contributed by atoms with Gasteiger partial charge in [0.05, 0.1) is 11.2 Å². The second-order valence-electron chi connectivity index (χ2n) is 9.11. The lowest BCUT2D eigenvalue weighted by molar-refractivity contribution is -0.137. The molecule has 2 heterocycles. The van der Waals surface area contributed by atoms with Gasteiger partial charge < -0.3 is 10.0 Å². The van der Waals surface area contributed by atoms with Gasteiger partial charge >= 0.3 is 6.18 Å². The number of halogens is 3. The second-order valence-corrected chi connectivity index (χ2v) is 9.97. The first-order valence-corrected chi connectivity index (χ1v) is 12.4. The summed E-state index contributed by atoms with van der Waals surface area (Å²) in [6.45, 7) is 0.429. The van der Waals surface area contributed by atoms with Gasteiger partial charge in [-0.2, -0.15) is 13.2 Å². The molecular formula is C26H25F3N2O2S. The highest BCUT2D eigenvalue weighted by molar-refractivity contribution is 7.13. The molecule has 1 aromatic heterocycles. The molecule has 34 heavy (non-hydrogen) atoms. The van der Waals surface area contributed by atoms with Crippen molar-refractivity contribution in [1.82, 2.24) is 9.88 Å². The highest BCUT2D eigenvalue weighted by Crippen LogP contribution is 2.47. The summed E-state index contributed by atoms with van der Waals surface area (Å²) < 4.78 is 38.6. The van der Waals surface area contributed by atoms with E-state index in [0.717, 1.165) is 43.4 Å². The molecule has 3 aromatic rings. The fourth-order valence-electron chi connectivity index (χ4n) is 5.47. The van der Waals surface area contributed by atoms with Gasteiger partial charge in [-0.1, -0.05) is 55.3 Å². The van der Waals surface area contributed by atoms with Crippen molar-refractivity contribution in [2.45, 2.75) is 49.9 Å². The average molecular weight is 487 g/mol. The number of nitrogens with zero attached hydrogens (tertiary/aromatic N) is 2. The van der Waals surface area contributed by atoms with Crippen molar-refractivity contribution in [3.8, 4) is 10.6 Å². The molecule has 0 spiro atoms. The summed E-state index contributed by atoms with van der Waals surface area (Å²) in [6.07, 6.45) is -0.221. The van der Waals surface area contributed by atoms with E-state index in [4.69, 9.17) is 0 Å². The van der Waals surface area contributed by atoms with Crippen LogP contribution in [0.25, 0.3) is 10.6 Å². The van der Waals surface area contributed by atoms with E-state index in [-0.39, 0.29) is 17.9 Å². The Kier molecular flexibility index (Phi) is 5.98. The van der Waals surface area contributed by atoms with E-state index in [1.165, 1.54) is 23.5 Å². The molecular weight excluding hydrogens is 461 g/mol. The molecule has 1 N–H and O–H groups in total. The summed E-state index contributed by atoms with van der Waals surface area (Å²) in [5.41, 5.74) is 0.0688. The molecule has 178 valence electrons. The van der Waals surface area contributed by atoms with Crippen LogP contribution in [0.4, 0.5) is 13.2 Å². The number of hydrogen-bond donors (Lipinski definition) is 1. The third kappa shape index (κ3) is 4.14. The first kappa shape index (κ1) is 23.1.